The van der Waals surface area contributed by atoms with E-state index in [2.05, 4.69) is 0 Å². The van der Waals surface area contributed by atoms with E-state index in [-0.39, 0.29) is 11.8 Å². The summed E-state index contributed by atoms with van der Waals surface area (Å²) in [4.78, 5) is 29.7. The van der Waals surface area contributed by atoms with Gasteiger partial charge in [-0.3, -0.25) is 14.5 Å². The van der Waals surface area contributed by atoms with Crippen molar-refractivity contribution in [1.82, 2.24) is 4.90 Å². The molecule has 0 N–H and O–H groups in total. The molecule has 3 rings (SSSR count). The summed E-state index contributed by atoms with van der Waals surface area (Å²) in [5.74, 6) is 0.0818. The van der Waals surface area contributed by atoms with Crippen LogP contribution in [0.5, 0.6) is 0 Å². The Balaban J connectivity index is 2.08. The van der Waals surface area contributed by atoms with E-state index in [0.717, 1.165) is 17.7 Å². The number of thiocarbonyl (C=S) groups is 1. The molecule has 0 bridgehead atoms. The summed E-state index contributed by atoms with van der Waals surface area (Å²) in [7, 11) is 0. The molecule has 0 spiro atoms. The maximum atomic E-state index is 13.0. The van der Waals surface area contributed by atoms with Gasteiger partial charge < -0.3 is 4.90 Å². The minimum Gasteiger partial charge on any atom is -0.308 e. The summed E-state index contributed by atoms with van der Waals surface area (Å²) in [5, 5.41) is 0. The van der Waals surface area contributed by atoms with Crippen molar-refractivity contribution in [2.24, 2.45) is 5.92 Å². The van der Waals surface area contributed by atoms with Crippen molar-refractivity contribution in [3.63, 3.8) is 0 Å². The molecule has 4 nitrogen and oxygen atoms in total. The molecule has 0 radical (unpaired) electrons. The zero-order valence-electron chi connectivity index (χ0n) is 14.0. The summed E-state index contributed by atoms with van der Waals surface area (Å²) >= 11 is 6.62. The van der Waals surface area contributed by atoms with Crippen molar-refractivity contribution >= 4 is 51.4 Å². The summed E-state index contributed by atoms with van der Waals surface area (Å²) in [6, 6.07) is 7.66. The van der Waals surface area contributed by atoms with Gasteiger partial charge in [0, 0.05) is 18.7 Å². The zero-order chi connectivity index (χ0) is 17.4. The number of rotatable bonds is 4. The lowest BCUT2D eigenvalue weighted by Gasteiger charge is -2.16. The number of carbonyl (C=O) groups is 2. The van der Waals surface area contributed by atoms with E-state index in [0.29, 0.717) is 33.8 Å². The van der Waals surface area contributed by atoms with Gasteiger partial charge in [0.05, 0.1) is 16.2 Å². The number of para-hydroxylation sites is 1. The fourth-order valence-corrected chi connectivity index (χ4v) is 4.36. The van der Waals surface area contributed by atoms with Gasteiger partial charge in [0.1, 0.15) is 4.32 Å². The molecule has 126 valence electrons. The van der Waals surface area contributed by atoms with E-state index in [1.54, 1.807) is 9.80 Å². The van der Waals surface area contributed by atoms with Crippen molar-refractivity contribution in [3.8, 4) is 0 Å². The van der Waals surface area contributed by atoms with Gasteiger partial charge in [0.15, 0.2) is 0 Å². The first kappa shape index (κ1) is 17.2. The Bertz CT molecular complexity index is 755. The number of nitrogens with zero attached hydrogens (tertiary/aromatic N) is 2. The lowest BCUT2D eigenvalue weighted by Crippen LogP contribution is -2.32. The molecule has 0 saturated carbocycles. The maximum absolute atomic E-state index is 13.0. The number of amides is 2. The fraction of sp³-hybridized carbons (Fsp3) is 0.389. The second-order valence-corrected chi connectivity index (χ2v) is 8.00. The van der Waals surface area contributed by atoms with Crippen LogP contribution >= 0.6 is 24.0 Å². The molecular formula is C18H20N2O2S2. The average Bonchev–Trinajstić information content (AvgIpc) is 2.96. The lowest BCUT2D eigenvalue weighted by atomic mass is 10.1. The van der Waals surface area contributed by atoms with E-state index in [1.807, 2.05) is 45.0 Å². The van der Waals surface area contributed by atoms with Crippen LogP contribution in [0.4, 0.5) is 5.69 Å². The van der Waals surface area contributed by atoms with Gasteiger partial charge in [0.2, 0.25) is 0 Å². The first-order valence-corrected chi connectivity index (χ1v) is 9.37. The third-order valence-electron chi connectivity index (χ3n) is 3.99. The Kier molecular flexibility index (Phi) is 4.78. The molecule has 1 fully saturated rings. The molecule has 0 atom stereocenters. The van der Waals surface area contributed by atoms with Crippen LogP contribution in [-0.2, 0) is 9.59 Å². The van der Waals surface area contributed by atoms with Crippen molar-refractivity contribution in [2.45, 2.75) is 27.2 Å². The van der Waals surface area contributed by atoms with Crippen LogP contribution in [-0.4, -0.2) is 34.1 Å². The number of thioether (sulfide) groups is 1. The van der Waals surface area contributed by atoms with Gasteiger partial charge in [-0.05, 0) is 18.4 Å². The van der Waals surface area contributed by atoms with E-state index in [9.17, 15) is 9.59 Å². The Morgan fingerprint density at radius 2 is 1.83 bits per heavy atom. The number of hydrogen-bond acceptors (Lipinski definition) is 4. The van der Waals surface area contributed by atoms with Crippen LogP contribution < -0.4 is 4.90 Å². The van der Waals surface area contributed by atoms with E-state index in [1.165, 1.54) is 11.8 Å². The fourth-order valence-electron chi connectivity index (χ4n) is 3.02. The highest BCUT2D eigenvalue weighted by atomic mass is 32.2. The highest BCUT2D eigenvalue weighted by Gasteiger charge is 2.41. The smallest absolute Gasteiger partial charge is 0.267 e. The zero-order valence-corrected chi connectivity index (χ0v) is 15.7. The topological polar surface area (TPSA) is 40.6 Å². The van der Waals surface area contributed by atoms with Crippen LogP contribution in [0.15, 0.2) is 29.2 Å². The van der Waals surface area contributed by atoms with Crippen molar-refractivity contribution in [2.75, 3.05) is 18.0 Å². The SMILES string of the molecule is CCCN1C(=O)/C(=C2\SC(=S)N(CC(C)C)C2=O)c2ccccc21. The van der Waals surface area contributed by atoms with Gasteiger partial charge in [-0.2, -0.15) is 0 Å². The maximum Gasteiger partial charge on any atom is 0.267 e. The van der Waals surface area contributed by atoms with Gasteiger partial charge in [-0.25, -0.2) is 0 Å². The van der Waals surface area contributed by atoms with Crippen molar-refractivity contribution in [1.29, 1.82) is 0 Å². The molecule has 1 aromatic rings. The summed E-state index contributed by atoms with van der Waals surface area (Å²) < 4.78 is 0.537. The monoisotopic (exact) mass is 360 g/mol. The third kappa shape index (κ3) is 2.78. The number of fused-ring (bicyclic) bond motifs is 1. The van der Waals surface area contributed by atoms with Crippen molar-refractivity contribution in [3.05, 3.63) is 34.7 Å². The minimum absolute atomic E-state index is 0.0944. The molecule has 2 amide bonds. The summed E-state index contributed by atoms with van der Waals surface area (Å²) in [6.07, 6.45) is 0.863. The molecule has 1 saturated heterocycles. The number of hydrogen-bond donors (Lipinski definition) is 0. The molecule has 0 aliphatic carbocycles. The van der Waals surface area contributed by atoms with Crippen LogP contribution in [0.2, 0.25) is 0 Å². The first-order chi connectivity index (χ1) is 11.5. The number of benzene rings is 1. The Labute approximate surface area is 151 Å². The van der Waals surface area contributed by atoms with E-state index >= 15 is 0 Å². The second-order valence-electron chi connectivity index (χ2n) is 6.36. The Morgan fingerprint density at radius 1 is 1.12 bits per heavy atom. The van der Waals surface area contributed by atoms with Gasteiger partial charge in [-0.1, -0.05) is 63.0 Å². The highest BCUT2D eigenvalue weighted by molar-refractivity contribution is 8.26. The summed E-state index contributed by atoms with van der Waals surface area (Å²) in [5.41, 5.74) is 2.22. The second kappa shape index (κ2) is 6.69. The molecule has 0 aromatic heterocycles. The van der Waals surface area contributed by atoms with Gasteiger partial charge >= 0.3 is 0 Å². The van der Waals surface area contributed by atoms with Crippen LogP contribution in [0.1, 0.15) is 32.8 Å². The van der Waals surface area contributed by atoms with Crippen molar-refractivity contribution < 1.29 is 9.59 Å². The largest absolute Gasteiger partial charge is 0.308 e. The van der Waals surface area contributed by atoms with E-state index < -0.39 is 0 Å². The van der Waals surface area contributed by atoms with Gasteiger partial charge in [-0.15, -0.1) is 0 Å². The molecule has 2 aliphatic rings. The third-order valence-corrected chi connectivity index (χ3v) is 5.44. The quantitative estimate of drug-likeness (QED) is 0.607. The first-order valence-electron chi connectivity index (χ1n) is 8.14. The predicted octanol–water partition coefficient (Wildman–Crippen LogP) is 3.67. The average molecular weight is 361 g/mol. The standard InChI is InChI=1S/C18H20N2O2S2/c1-4-9-19-13-8-6-5-7-12(13)14(16(19)21)15-17(22)20(10-11(2)3)18(23)24-15/h5-8,11H,4,9-10H2,1-3H3/b15-14-. The Morgan fingerprint density at radius 3 is 2.50 bits per heavy atom. The molecule has 2 aliphatic heterocycles. The molecule has 6 heteroatoms. The Hall–Kier alpha value is -1.66. The van der Waals surface area contributed by atoms with E-state index in [4.69, 9.17) is 12.2 Å². The predicted molar refractivity (Wildman–Crippen MR) is 103 cm³/mol. The van der Waals surface area contributed by atoms with Gasteiger partial charge in [0.25, 0.3) is 11.8 Å². The highest BCUT2D eigenvalue weighted by Crippen LogP contribution is 2.44. The number of anilines is 1. The lowest BCUT2D eigenvalue weighted by molar-refractivity contribution is -0.122. The number of carbonyl (C=O) groups excluding carboxylic acids is 2. The summed E-state index contributed by atoms with van der Waals surface area (Å²) in [6.45, 7) is 7.35. The molecule has 24 heavy (non-hydrogen) atoms. The molecule has 1 aromatic carbocycles. The minimum atomic E-state index is -0.143. The molecule has 0 unspecified atom stereocenters. The van der Waals surface area contributed by atoms with Crippen LogP contribution in [0, 0.1) is 5.92 Å². The normalized spacial score (nSPS) is 20.6. The molecule has 2 heterocycles. The van der Waals surface area contributed by atoms with Crippen LogP contribution in [0.25, 0.3) is 5.57 Å². The molecular weight excluding hydrogens is 340 g/mol. The van der Waals surface area contributed by atoms with Crippen LogP contribution in [0.3, 0.4) is 0 Å².